The van der Waals surface area contributed by atoms with Crippen molar-refractivity contribution in [3.05, 3.63) is 42.0 Å². The van der Waals surface area contributed by atoms with Crippen molar-refractivity contribution in [2.45, 2.75) is 25.7 Å². The molecule has 0 bridgehead atoms. The monoisotopic (exact) mass is 345 g/mol. The summed E-state index contributed by atoms with van der Waals surface area (Å²) < 4.78 is 18.4. The predicted octanol–water partition coefficient (Wildman–Crippen LogP) is 2.87. The average molecular weight is 345 g/mol. The molecule has 2 heterocycles. The molecule has 0 radical (unpaired) electrons. The molecule has 0 spiro atoms. The number of benzene rings is 1. The van der Waals surface area contributed by atoms with E-state index in [1.54, 1.807) is 12.1 Å². The highest BCUT2D eigenvalue weighted by Crippen LogP contribution is 2.22. The maximum atomic E-state index is 13.0. The molecule has 0 unspecified atom stereocenters. The number of piperidine rings is 1. The van der Waals surface area contributed by atoms with Crippen molar-refractivity contribution in [2.24, 2.45) is 5.92 Å². The second-order valence-corrected chi connectivity index (χ2v) is 6.54. The zero-order valence-corrected chi connectivity index (χ0v) is 14.5. The van der Waals surface area contributed by atoms with Crippen LogP contribution in [-0.2, 0) is 11.2 Å². The summed E-state index contributed by atoms with van der Waals surface area (Å²) in [6.07, 6.45) is 5.05. The van der Waals surface area contributed by atoms with Crippen LogP contribution < -0.4 is 5.32 Å². The number of hydrogen-bond donors (Lipinski definition) is 1. The molecule has 0 saturated carbocycles. The molecule has 1 fully saturated rings. The minimum atomic E-state index is -0.302. The normalized spacial score (nSPS) is 15.5. The summed E-state index contributed by atoms with van der Waals surface area (Å²) in [6, 6.07) is 5.95. The van der Waals surface area contributed by atoms with Gasteiger partial charge in [0.1, 0.15) is 12.1 Å². The summed E-state index contributed by atoms with van der Waals surface area (Å²) in [5.41, 5.74) is 1.31. The molecular weight excluding hydrogens is 321 g/mol. The molecule has 0 atom stereocenters. The molecule has 5 nitrogen and oxygen atoms in total. The second-order valence-electron chi connectivity index (χ2n) is 6.54. The third kappa shape index (κ3) is 4.66. The van der Waals surface area contributed by atoms with Gasteiger partial charge in [0, 0.05) is 18.7 Å². The van der Waals surface area contributed by atoms with Crippen molar-refractivity contribution < 1.29 is 13.6 Å². The lowest BCUT2D eigenvalue weighted by Crippen LogP contribution is -2.39. The molecule has 1 aliphatic heterocycles. The van der Waals surface area contributed by atoms with Gasteiger partial charge in [0.15, 0.2) is 0 Å². The van der Waals surface area contributed by atoms with E-state index in [1.165, 1.54) is 24.8 Å². The van der Waals surface area contributed by atoms with E-state index >= 15 is 0 Å². The number of nitrogens with one attached hydrogen (secondary N) is 1. The minimum Gasteiger partial charge on any atom is -0.444 e. The molecule has 1 amide bonds. The number of aromatic nitrogens is 1. The Morgan fingerprint density at radius 3 is 2.72 bits per heavy atom. The number of nitrogens with zero attached hydrogens (tertiary/aromatic N) is 2. The fourth-order valence-corrected chi connectivity index (χ4v) is 3.20. The van der Waals surface area contributed by atoms with Gasteiger partial charge in [-0.1, -0.05) is 0 Å². The molecule has 1 aromatic heterocycles. The number of hydrogen-bond acceptors (Lipinski definition) is 4. The summed E-state index contributed by atoms with van der Waals surface area (Å²) in [5.74, 6) is 0.900. The van der Waals surface area contributed by atoms with Gasteiger partial charge in [0.2, 0.25) is 11.8 Å². The highest BCUT2D eigenvalue weighted by molar-refractivity contribution is 5.78. The molecule has 1 aliphatic rings. The molecule has 2 aromatic rings. The third-order valence-electron chi connectivity index (χ3n) is 4.75. The molecule has 6 heteroatoms. The van der Waals surface area contributed by atoms with Crippen LogP contribution in [0.4, 0.5) is 4.39 Å². The average Bonchev–Trinajstić information content (AvgIpc) is 3.09. The Hall–Kier alpha value is -2.21. The van der Waals surface area contributed by atoms with Gasteiger partial charge < -0.3 is 14.6 Å². The van der Waals surface area contributed by atoms with E-state index in [2.05, 4.69) is 10.3 Å². The fraction of sp³-hybridized carbons (Fsp3) is 0.474. The van der Waals surface area contributed by atoms with Gasteiger partial charge in [-0.3, -0.25) is 4.79 Å². The third-order valence-corrected chi connectivity index (χ3v) is 4.75. The van der Waals surface area contributed by atoms with E-state index in [4.69, 9.17) is 4.42 Å². The molecule has 0 aliphatic carbocycles. The van der Waals surface area contributed by atoms with Crippen LogP contribution in [0.25, 0.3) is 11.5 Å². The van der Waals surface area contributed by atoms with Gasteiger partial charge >= 0.3 is 0 Å². The smallest absolute Gasteiger partial charge is 0.228 e. The van der Waals surface area contributed by atoms with Crippen molar-refractivity contribution in [2.75, 3.05) is 26.7 Å². The number of carbonyl (C=O) groups excluding carboxylic acids is 1. The first kappa shape index (κ1) is 17.6. The van der Waals surface area contributed by atoms with Crippen molar-refractivity contribution in [3.8, 4) is 11.5 Å². The highest BCUT2D eigenvalue weighted by Gasteiger charge is 2.23. The lowest BCUT2D eigenvalue weighted by molar-refractivity contribution is -0.131. The Labute approximate surface area is 147 Å². The minimum absolute atomic E-state index is 0.0889. The molecular formula is C19H24FN3O2. The Morgan fingerprint density at radius 2 is 2.04 bits per heavy atom. The topological polar surface area (TPSA) is 58.4 Å². The van der Waals surface area contributed by atoms with E-state index in [1.807, 2.05) is 11.9 Å². The zero-order valence-electron chi connectivity index (χ0n) is 14.5. The van der Waals surface area contributed by atoms with Crippen LogP contribution in [0.3, 0.4) is 0 Å². The molecule has 1 N–H and O–H groups in total. The van der Waals surface area contributed by atoms with Crippen LogP contribution in [0.2, 0.25) is 0 Å². The van der Waals surface area contributed by atoms with Gasteiger partial charge in [0.05, 0.1) is 12.1 Å². The van der Waals surface area contributed by atoms with Gasteiger partial charge in [-0.15, -0.1) is 0 Å². The number of likely N-dealkylation sites (tertiary alicyclic amines) is 1. The van der Waals surface area contributed by atoms with Crippen molar-refractivity contribution in [1.82, 2.24) is 15.2 Å². The SMILES string of the molecule is CNCCC1CCN(C(=O)Cc2coc(-c3ccc(F)cc3)n2)CC1. The summed E-state index contributed by atoms with van der Waals surface area (Å²) in [6.45, 7) is 2.66. The first-order chi connectivity index (χ1) is 12.2. The fourth-order valence-electron chi connectivity index (χ4n) is 3.20. The largest absolute Gasteiger partial charge is 0.444 e. The maximum absolute atomic E-state index is 13.0. The van der Waals surface area contributed by atoms with Crippen LogP contribution in [0, 0.1) is 11.7 Å². The van der Waals surface area contributed by atoms with Gasteiger partial charge in [-0.25, -0.2) is 9.37 Å². The number of amides is 1. The highest BCUT2D eigenvalue weighted by atomic mass is 19.1. The molecule has 1 saturated heterocycles. The number of rotatable bonds is 6. The van der Waals surface area contributed by atoms with E-state index in [0.717, 1.165) is 32.5 Å². The van der Waals surface area contributed by atoms with Crippen molar-refractivity contribution in [3.63, 3.8) is 0 Å². The second kappa shape index (κ2) is 8.25. The Morgan fingerprint density at radius 1 is 1.32 bits per heavy atom. The molecule has 134 valence electrons. The Kier molecular flexibility index (Phi) is 5.81. The number of halogens is 1. The predicted molar refractivity (Wildman–Crippen MR) is 93.4 cm³/mol. The first-order valence-electron chi connectivity index (χ1n) is 8.78. The summed E-state index contributed by atoms with van der Waals surface area (Å²) in [5, 5.41) is 3.18. The summed E-state index contributed by atoms with van der Waals surface area (Å²) >= 11 is 0. The number of oxazole rings is 1. The van der Waals surface area contributed by atoms with Crippen LogP contribution in [-0.4, -0.2) is 42.5 Å². The molecule has 3 rings (SSSR count). The first-order valence-corrected chi connectivity index (χ1v) is 8.78. The van der Waals surface area contributed by atoms with E-state index in [-0.39, 0.29) is 18.1 Å². The Balaban J connectivity index is 1.53. The van der Waals surface area contributed by atoms with Gasteiger partial charge in [-0.2, -0.15) is 0 Å². The van der Waals surface area contributed by atoms with Gasteiger partial charge in [0.25, 0.3) is 0 Å². The van der Waals surface area contributed by atoms with Crippen LogP contribution >= 0.6 is 0 Å². The van der Waals surface area contributed by atoms with E-state index in [0.29, 0.717) is 23.1 Å². The number of carbonyl (C=O) groups is 1. The molecule has 1 aromatic carbocycles. The van der Waals surface area contributed by atoms with E-state index in [9.17, 15) is 9.18 Å². The standard InChI is InChI=1S/C19H24FN3O2/c1-21-9-6-14-7-10-23(11-8-14)18(24)12-17-13-25-19(22-17)15-2-4-16(20)5-3-15/h2-5,13-14,21H,6-12H2,1H3. The van der Waals surface area contributed by atoms with Crippen molar-refractivity contribution in [1.29, 1.82) is 0 Å². The van der Waals surface area contributed by atoms with Crippen LogP contribution in [0.1, 0.15) is 25.0 Å². The Bertz CT molecular complexity index is 691. The molecule has 25 heavy (non-hydrogen) atoms. The lowest BCUT2D eigenvalue weighted by Gasteiger charge is -2.32. The van der Waals surface area contributed by atoms with Gasteiger partial charge in [-0.05, 0) is 63.0 Å². The maximum Gasteiger partial charge on any atom is 0.228 e. The van der Waals surface area contributed by atoms with Crippen molar-refractivity contribution >= 4 is 5.91 Å². The summed E-state index contributed by atoms with van der Waals surface area (Å²) in [7, 11) is 1.97. The summed E-state index contributed by atoms with van der Waals surface area (Å²) in [4.78, 5) is 18.7. The zero-order chi connectivity index (χ0) is 17.6. The quantitative estimate of drug-likeness (QED) is 0.875. The lowest BCUT2D eigenvalue weighted by atomic mass is 9.93. The van der Waals surface area contributed by atoms with Crippen LogP contribution in [0.15, 0.2) is 34.9 Å². The van der Waals surface area contributed by atoms with E-state index < -0.39 is 0 Å². The van der Waals surface area contributed by atoms with Crippen LogP contribution in [0.5, 0.6) is 0 Å².